The third kappa shape index (κ3) is 15.7. The SMILES string of the molecule is CCC(COC(=O)CC(O)C(=O)OCC(CC)[PH](=O)CC[N+](C)(C)C)[PH](=O)CC[N+](C)(C)C. The van der Waals surface area contributed by atoms with Crippen molar-refractivity contribution in [3.8, 4) is 0 Å². The Kier molecular flexibility index (Phi) is 15.0. The van der Waals surface area contributed by atoms with Crippen LogP contribution in [0.1, 0.15) is 33.1 Å². The minimum atomic E-state index is -1.94. The van der Waals surface area contributed by atoms with E-state index in [0.29, 0.717) is 34.1 Å². The van der Waals surface area contributed by atoms with Gasteiger partial charge in [0, 0.05) is 23.6 Å². The fraction of sp³-hybridized carbons (Fsp3) is 0.909. The van der Waals surface area contributed by atoms with Crippen LogP contribution in [-0.4, -0.2) is 124 Å². The van der Waals surface area contributed by atoms with Gasteiger partial charge < -0.3 is 32.7 Å². The summed E-state index contributed by atoms with van der Waals surface area (Å²) in [6.07, 6.45) is 0.206. The van der Waals surface area contributed by atoms with Gasteiger partial charge in [0.05, 0.1) is 77.4 Å². The minimum absolute atomic E-state index is 0.0121. The molecule has 0 radical (unpaired) electrons. The van der Waals surface area contributed by atoms with Crippen molar-refractivity contribution in [3.63, 3.8) is 0 Å². The summed E-state index contributed by atoms with van der Waals surface area (Å²) in [5.74, 6) is -1.65. The summed E-state index contributed by atoms with van der Waals surface area (Å²) in [6, 6.07) is 0. The van der Waals surface area contributed by atoms with Crippen molar-refractivity contribution < 1.29 is 42.3 Å². The van der Waals surface area contributed by atoms with Gasteiger partial charge in [-0.1, -0.05) is 13.8 Å². The van der Waals surface area contributed by atoms with Gasteiger partial charge in [-0.3, -0.25) is 4.79 Å². The molecular weight excluding hydrogens is 466 g/mol. The van der Waals surface area contributed by atoms with Crippen LogP contribution in [-0.2, 0) is 28.2 Å². The number of carbonyl (C=O) groups is 2. The second-order valence-electron chi connectivity index (χ2n) is 10.7. The molecule has 0 aromatic rings. The Morgan fingerprint density at radius 2 is 1.18 bits per heavy atom. The van der Waals surface area contributed by atoms with Crippen LogP contribution in [0.4, 0.5) is 0 Å². The molecule has 0 bridgehead atoms. The molecule has 0 spiro atoms. The van der Waals surface area contributed by atoms with Crippen molar-refractivity contribution in [2.24, 2.45) is 0 Å². The molecule has 33 heavy (non-hydrogen) atoms. The van der Waals surface area contributed by atoms with Crippen LogP contribution in [0.3, 0.4) is 0 Å². The summed E-state index contributed by atoms with van der Waals surface area (Å²) in [7, 11) is 8.31. The molecule has 0 aromatic heterocycles. The van der Waals surface area contributed by atoms with E-state index < -0.39 is 40.1 Å². The van der Waals surface area contributed by atoms with Crippen molar-refractivity contribution in [1.29, 1.82) is 0 Å². The Morgan fingerprint density at radius 1 is 0.788 bits per heavy atom. The van der Waals surface area contributed by atoms with E-state index in [1.54, 1.807) is 0 Å². The van der Waals surface area contributed by atoms with Gasteiger partial charge in [-0.05, 0) is 12.8 Å². The highest BCUT2D eigenvalue weighted by Gasteiger charge is 2.26. The normalized spacial score (nSPS) is 17.0. The molecular formula is C22H48N2O7P2+2. The van der Waals surface area contributed by atoms with E-state index in [1.807, 2.05) is 56.1 Å². The molecule has 196 valence electrons. The van der Waals surface area contributed by atoms with Crippen LogP contribution in [0.2, 0.25) is 0 Å². The van der Waals surface area contributed by atoms with Gasteiger partial charge in [-0.15, -0.1) is 0 Å². The smallest absolute Gasteiger partial charge is 0.335 e. The first kappa shape index (κ1) is 32.3. The van der Waals surface area contributed by atoms with E-state index in [4.69, 9.17) is 9.47 Å². The largest absolute Gasteiger partial charge is 0.465 e. The third-order valence-corrected chi connectivity index (χ3v) is 9.86. The number of hydrogen-bond donors (Lipinski definition) is 1. The molecule has 0 saturated carbocycles. The van der Waals surface area contributed by atoms with Crippen LogP contribution in [0, 0.1) is 0 Å². The lowest BCUT2D eigenvalue weighted by atomic mass is 10.2. The van der Waals surface area contributed by atoms with Crippen molar-refractivity contribution in [3.05, 3.63) is 0 Å². The van der Waals surface area contributed by atoms with Gasteiger partial charge in [0.1, 0.15) is 13.2 Å². The predicted molar refractivity (Wildman–Crippen MR) is 134 cm³/mol. The van der Waals surface area contributed by atoms with Gasteiger partial charge in [-0.25, -0.2) is 4.79 Å². The summed E-state index contributed by atoms with van der Waals surface area (Å²) in [5.41, 5.74) is -0.469. The number of quaternary nitrogens is 2. The summed E-state index contributed by atoms with van der Waals surface area (Å²) >= 11 is 0. The monoisotopic (exact) mass is 514 g/mol. The zero-order valence-electron chi connectivity index (χ0n) is 21.9. The highest BCUT2D eigenvalue weighted by molar-refractivity contribution is 7.45. The molecule has 0 fully saturated rings. The van der Waals surface area contributed by atoms with Crippen LogP contribution < -0.4 is 0 Å². The maximum absolute atomic E-state index is 12.5. The summed E-state index contributed by atoms with van der Waals surface area (Å²) < 4.78 is 36.8. The quantitative estimate of drug-likeness (QED) is 0.180. The molecule has 0 amide bonds. The number of aliphatic hydroxyl groups excluding tert-OH is 1. The fourth-order valence-electron chi connectivity index (χ4n) is 2.95. The van der Waals surface area contributed by atoms with Crippen LogP contribution in [0.25, 0.3) is 0 Å². The highest BCUT2D eigenvalue weighted by Crippen LogP contribution is 2.32. The number of ether oxygens (including phenoxy) is 2. The first-order chi connectivity index (χ1) is 15.1. The molecule has 0 aliphatic heterocycles. The number of carbonyl (C=O) groups excluding carboxylic acids is 2. The minimum Gasteiger partial charge on any atom is -0.465 e. The Hall–Kier alpha value is -0.720. The van der Waals surface area contributed by atoms with E-state index >= 15 is 0 Å². The van der Waals surface area contributed by atoms with Gasteiger partial charge in [-0.2, -0.15) is 0 Å². The molecule has 9 nitrogen and oxygen atoms in total. The fourth-order valence-corrected chi connectivity index (χ4v) is 7.00. The van der Waals surface area contributed by atoms with Gasteiger partial charge >= 0.3 is 11.9 Å². The lowest BCUT2D eigenvalue weighted by Crippen LogP contribution is -2.37. The molecule has 0 saturated heterocycles. The second-order valence-corrected chi connectivity index (χ2v) is 15.2. The molecule has 0 aromatic carbocycles. The van der Waals surface area contributed by atoms with Crippen LogP contribution in [0.15, 0.2) is 0 Å². The molecule has 0 heterocycles. The van der Waals surface area contributed by atoms with E-state index in [1.165, 1.54) is 0 Å². The molecule has 1 N–H and O–H groups in total. The standard InChI is InChI=1S/C22H48N2O7P2/c1-9-18(32(28)13-11-23(3,4)5)16-30-21(26)15-20(25)22(27)31-17-19(10-2)33(29)14-12-24(6,7)8/h18-20,25,32-33H,9-17H2,1-8H3/q+2. The summed E-state index contributed by atoms with van der Waals surface area (Å²) in [5, 5.41) is 10.0. The van der Waals surface area contributed by atoms with Gasteiger partial charge in [0.2, 0.25) is 0 Å². The Labute approximate surface area is 201 Å². The summed E-state index contributed by atoms with van der Waals surface area (Å²) in [4.78, 5) is 24.2. The maximum atomic E-state index is 12.5. The van der Waals surface area contributed by atoms with Crippen molar-refractivity contribution in [2.45, 2.75) is 50.5 Å². The average Bonchev–Trinajstić information content (AvgIpc) is 2.70. The van der Waals surface area contributed by atoms with E-state index in [2.05, 4.69) is 0 Å². The first-order valence-corrected chi connectivity index (χ1v) is 15.1. The van der Waals surface area contributed by atoms with Crippen molar-refractivity contribution >= 4 is 27.5 Å². The van der Waals surface area contributed by atoms with Crippen molar-refractivity contribution in [1.82, 2.24) is 0 Å². The number of rotatable bonds is 17. The Morgan fingerprint density at radius 3 is 1.55 bits per heavy atom. The van der Waals surface area contributed by atoms with E-state index in [-0.39, 0.29) is 24.5 Å². The van der Waals surface area contributed by atoms with Gasteiger partial charge in [0.25, 0.3) is 0 Å². The zero-order chi connectivity index (χ0) is 25.8. The Bertz CT molecular complexity index is 660. The molecule has 0 rings (SSSR count). The average molecular weight is 515 g/mol. The maximum Gasteiger partial charge on any atom is 0.335 e. The van der Waals surface area contributed by atoms with Crippen LogP contribution >= 0.6 is 15.6 Å². The Balaban J connectivity index is 4.49. The topological polar surface area (TPSA) is 107 Å². The number of nitrogens with zero attached hydrogens (tertiary/aromatic N) is 2. The van der Waals surface area contributed by atoms with Gasteiger partial charge in [0.15, 0.2) is 6.10 Å². The number of esters is 2. The highest BCUT2D eigenvalue weighted by atomic mass is 31.1. The van der Waals surface area contributed by atoms with E-state index in [0.717, 1.165) is 13.1 Å². The molecule has 0 aliphatic carbocycles. The molecule has 5 atom stereocenters. The first-order valence-electron chi connectivity index (χ1n) is 11.8. The van der Waals surface area contributed by atoms with Crippen molar-refractivity contribution in [2.75, 3.05) is 80.9 Å². The number of aliphatic hydroxyl groups is 1. The molecule has 5 unspecified atom stereocenters. The predicted octanol–water partition coefficient (Wildman–Crippen LogP) is 1.91. The molecule has 0 aliphatic rings. The van der Waals surface area contributed by atoms with E-state index in [9.17, 15) is 23.8 Å². The molecule has 11 heteroatoms. The third-order valence-electron chi connectivity index (χ3n) is 5.46. The summed E-state index contributed by atoms with van der Waals surface area (Å²) in [6.45, 7) is 5.29. The van der Waals surface area contributed by atoms with Crippen LogP contribution in [0.5, 0.6) is 0 Å². The zero-order valence-corrected chi connectivity index (χ0v) is 23.9. The number of hydrogen-bond acceptors (Lipinski definition) is 7. The lowest BCUT2D eigenvalue weighted by Gasteiger charge is -2.25. The second kappa shape index (κ2) is 15.3. The lowest BCUT2D eigenvalue weighted by molar-refractivity contribution is -0.867.